The number of nitrogens with zero attached hydrogens (tertiary/aromatic N) is 3. The summed E-state index contributed by atoms with van der Waals surface area (Å²) in [6, 6.07) is 6.29. The first kappa shape index (κ1) is 18.5. The van der Waals surface area contributed by atoms with Gasteiger partial charge in [-0.1, -0.05) is 6.07 Å². The highest BCUT2D eigenvalue weighted by atomic mass is 16.5. The van der Waals surface area contributed by atoms with E-state index in [1.165, 1.54) is 0 Å². The zero-order chi connectivity index (χ0) is 19.4. The van der Waals surface area contributed by atoms with Crippen LogP contribution in [0.2, 0.25) is 0 Å². The molecule has 0 radical (unpaired) electrons. The number of ether oxygens (including phenoxy) is 2. The highest BCUT2D eigenvalue weighted by Crippen LogP contribution is 2.32. The van der Waals surface area contributed by atoms with Gasteiger partial charge in [0.25, 0.3) is 12.0 Å². The number of aromatic nitrogens is 1. The molecule has 2 aliphatic rings. The van der Waals surface area contributed by atoms with E-state index in [2.05, 4.69) is 81.0 Å². The standard InChI is InChI=1S/C19H29N5O2/c1-16(2)17(3,4)22-14(21-16)25-12-10-9-11-13(20-12)26-15-23-18(5,6)19(7,8)24-15/h9-11H,1-8H3,(H,21,22)(H,23,24). The van der Waals surface area contributed by atoms with Gasteiger partial charge in [0.2, 0.25) is 11.8 Å². The lowest BCUT2D eigenvalue weighted by molar-refractivity contribution is 0.306. The van der Waals surface area contributed by atoms with E-state index >= 15 is 0 Å². The molecule has 0 unspecified atom stereocenters. The highest BCUT2D eigenvalue weighted by Gasteiger charge is 2.45. The molecule has 0 aromatic carbocycles. The van der Waals surface area contributed by atoms with Gasteiger partial charge in [-0.05, 0) is 55.4 Å². The van der Waals surface area contributed by atoms with E-state index in [-0.39, 0.29) is 22.2 Å². The summed E-state index contributed by atoms with van der Waals surface area (Å²) in [6.07, 6.45) is 0. The molecule has 0 aliphatic carbocycles. The molecule has 3 rings (SSSR count). The summed E-state index contributed by atoms with van der Waals surface area (Å²) >= 11 is 0. The van der Waals surface area contributed by atoms with Gasteiger partial charge < -0.3 is 20.1 Å². The lowest BCUT2D eigenvalue weighted by Crippen LogP contribution is -2.50. The van der Waals surface area contributed by atoms with E-state index < -0.39 is 0 Å². The van der Waals surface area contributed by atoms with Crippen LogP contribution in [0.15, 0.2) is 28.2 Å². The van der Waals surface area contributed by atoms with E-state index in [9.17, 15) is 0 Å². The van der Waals surface area contributed by atoms with Crippen molar-refractivity contribution in [3.05, 3.63) is 18.2 Å². The van der Waals surface area contributed by atoms with Crippen LogP contribution in [-0.4, -0.2) is 39.2 Å². The summed E-state index contributed by atoms with van der Waals surface area (Å²) < 4.78 is 11.6. The Labute approximate surface area is 155 Å². The van der Waals surface area contributed by atoms with E-state index in [0.29, 0.717) is 23.8 Å². The Bertz CT molecular complexity index is 717. The molecule has 0 atom stereocenters. The van der Waals surface area contributed by atoms with Crippen LogP contribution in [0.4, 0.5) is 0 Å². The molecule has 0 bridgehead atoms. The molecule has 0 fully saturated rings. The first-order valence-electron chi connectivity index (χ1n) is 8.90. The summed E-state index contributed by atoms with van der Waals surface area (Å²) in [6.45, 7) is 16.6. The van der Waals surface area contributed by atoms with E-state index in [4.69, 9.17) is 9.47 Å². The van der Waals surface area contributed by atoms with Crippen LogP contribution in [-0.2, 0) is 0 Å². The fourth-order valence-corrected chi connectivity index (χ4v) is 2.49. The van der Waals surface area contributed by atoms with Gasteiger partial charge >= 0.3 is 0 Å². The lowest BCUT2D eigenvalue weighted by Gasteiger charge is -2.31. The quantitative estimate of drug-likeness (QED) is 0.849. The van der Waals surface area contributed by atoms with E-state index in [0.717, 1.165) is 0 Å². The van der Waals surface area contributed by atoms with Gasteiger partial charge in [-0.25, -0.2) is 9.98 Å². The number of nitrogens with one attached hydrogen (secondary N) is 2. The van der Waals surface area contributed by atoms with Crippen LogP contribution in [0, 0.1) is 0 Å². The van der Waals surface area contributed by atoms with E-state index in [1.807, 2.05) is 6.07 Å². The molecule has 2 aliphatic heterocycles. The van der Waals surface area contributed by atoms with Gasteiger partial charge in [-0.3, -0.25) is 0 Å². The fourth-order valence-electron chi connectivity index (χ4n) is 2.49. The van der Waals surface area contributed by atoms with Crippen molar-refractivity contribution < 1.29 is 9.47 Å². The van der Waals surface area contributed by atoms with Crippen molar-refractivity contribution in [1.29, 1.82) is 0 Å². The van der Waals surface area contributed by atoms with Gasteiger partial charge in [0.05, 0.1) is 22.2 Å². The van der Waals surface area contributed by atoms with Crippen molar-refractivity contribution in [3.8, 4) is 11.8 Å². The minimum atomic E-state index is -0.268. The molecule has 142 valence electrons. The number of amidine groups is 2. The summed E-state index contributed by atoms with van der Waals surface area (Å²) in [5.74, 6) is 0.832. The highest BCUT2D eigenvalue weighted by molar-refractivity contribution is 5.81. The molecule has 0 saturated heterocycles. The van der Waals surface area contributed by atoms with Crippen LogP contribution >= 0.6 is 0 Å². The molecule has 3 heterocycles. The van der Waals surface area contributed by atoms with Crippen LogP contribution in [0.3, 0.4) is 0 Å². The van der Waals surface area contributed by atoms with Crippen LogP contribution < -0.4 is 20.1 Å². The Hall–Kier alpha value is -2.31. The molecule has 0 spiro atoms. The van der Waals surface area contributed by atoms with Crippen molar-refractivity contribution in [2.45, 2.75) is 77.5 Å². The van der Waals surface area contributed by atoms with Gasteiger partial charge in [0.1, 0.15) is 0 Å². The minimum absolute atomic E-state index is 0.198. The largest absolute Gasteiger partial charge is 0.407 e. The number of pyridine rings is 1. The van der Waals surface area contributed by atoms with Crippen molar-refractivity contribution in [1.82, 2.24) is 15.6 Å². The molecule has 7 nitrogen and oxygen atoms in total. The molecule has 26 heavy (non-hydrogen) atoms. The zero-order valence-corrected chi connectivity index (χ0v) is 16.9. The molecule has 2 N–H and O–H groups in total. The molecule has 7 heteroatoms. The van der Waals surface area contributed by atoms with Crippen LogP contribution in [0.25, 0.3) is 0 Å². The Morgan fingerprint density at radius 1 is 0.692 bits per heavy atom. The first-order valence-corrected chi connectivity index (χ1v) is 8.90. The van der Waals surface area contributed by atoms with Gasteiger partial charge in [-0.2, -0.15) is 4.98 Å². The normalized spacial score (nSPS) is 24.2. The second kappa shape index (κ2) is 5.59. The molecule has 1 aromatic heterocycles. The Morgan fingerprint density at radius 2 is 1.08 bits per heavy atom. The summed E-state index contributed by atoms with van der Waals surface area (Å²) in [4.78, 5) is 13.6. The second-order valence-corrected chi connectivity index (χ2v) is 8.97. The van der Waals surface area contributed by atoms with Gasteiger partial charge in [-0.15, -0.1) is 0 Å². The van der Waals surface area contributed by atoms with Crippen molar-refractivity contribution in [2.24, 2.45) is 9.98 Å². The van der Waals surface area contributed by atoms with Gasteiger partial charge in [0.15, 0.2) is 0 Å². The molecule has 0 saturated carbocycles. The first-order chi connectivity index (χ1) is 11.8. The minimum Gasteiger partial charge on any atom is -0.407 e. The Balaban J connectivity index is 1.73. The maximum absolute atomic E-state index is 5.82. The van der Waals surface area contributed by atoms with Crippen LogP contribution in [0.1, 0.15) is 55.4 Å². The topological polar surface area (TPSA) is 80.1 Å². The third-order valence-electron chi connectivity index (χ3n) is 5.76. The maximum Gasteiger partial charge on any atom is 0.292 e. The molecular formula is C19H29N5O2. The number of hydrogen-bond acceptors (Lipinski definition) is 7. The summed E-state index contributed by atoms with van der Waals surface area (Å²) in [5, 5.41) is 6.59. The van der Waals surface area contributed by atoms with Crippen LogP contribution in [0.5, 0.6) is 11.8 Å². The SMILES string of the molecule is CC1(C)N=C(Oc2cccc(OC3=NC(C)(C)C(C)(C)N3)n2)NC1(C)C. The van der Waals surface area contributed by atoms with Crippen molar-refractivity contribution in [3.63, 3.8) is 0 Å². The number of hydrogen-bond donors (Lipinski definition) is 2. The Morgan fingerprint density at radius 3 is 1.38 bits per heavy atom. The van der Waals surface area contributed by atoms with Gasteiger partial charge in [0, 0.05) is 12.1 Å². The molecule has 1 aromatic rings. The third-order valence-corrected chi connectivity index (χ3v) is 5.76. The molecular weight excluding hydrogens is 330 g/mol. The average Bonchev–Trinajstić information content (AvgIpc) is 2.77. The third kappa shape index (κ3) is 3.22. The zero-order valence-electron chi connectivity index (χ0n) is 16.9. The van der Waals surface area contributed by atoms with E-state index in [1.54, 1.807) is 12.1 Å². The van der Waals surface area contributed by atoms with Crippen molar-refractivity contribution in [2.75, 3.05) is 0 Å². The summed E-state index contributed by atoms with van der Waals surface area (Å²) in [7, 11) is 0. The predicted octanol–water partition coefficient (Wildman–Crippen LogP) is 2.87. The van der Waals surface area contributed by atoms with Crippen molar-refractivity contribution >= 4 is 12.0 Å². The second-order valence-electron chi connectivity index (χ2n) is 8.97. The molecule has 0 amide bonds. The lowest BCUT2D eigenvalue weighted by atomic mass is 9.85. The predicted molar refractivity (Wildman–Crippen MR) is 103 cm³/mol. The number of aliphatic imine (C=N–C) groups is 2. The monoisotopic (exact) mass is 359 g/mol. The average molecular weight is 359 g/mol. The smallest absolute Gasteiger partial charge is 0.292 e. The fraction of sp³-hybridized carbons (Fsp3) is 0.632. The maximum atomic E-state index is 5.82. The summed E-state index contributed by atoms with van der Waals surface area (Å²) in [5.41, 5.74) is -0.932. The number of rotatable bonds is 2. The Kier molecular flexibility index (Phi) is 3.97.